The topological polar surface area (TPSA) is 81.3 Å². The first-order valence-corrected chi connectivity index (χ1v) is 5.61. The second-order valence-corrected chi connectivity index (χ2v) is 4.11. The van der Waals surface area contributed by atoms with E-state index in [9.17, 15) is 4.79 Å². The number of aromatic nitrogens is 2. The maximum atomic E-state index is 11.2. The zero-order chi connectivity index (χ0) is 12.3. The van der Waals surface area contributed by atoms with E-state index in [-0.39, 0.29) is 11.8 Å². The van der Waals surface area contributed by atoms with Gasteiger partial charge in [-0.25, -0.2) is 9.97 Å². The molecule has 1 amide bonds. The quantitative estimate of drug-likeness (QED) is 0.810. The van der Waals surface area contributed by atoms with E-state index in [1.165, 1.54) is 0 Å². The lowest BCUT2D eigenvalue weighted by molar-refractivity contribution is -0.122. The second kappa shape index (κ2) is 4.99. The van der Waals surface area contributed by atoms with Crippen LogP contribution >= 0.6 is 0 Å². The molecular weight excluding hydrogens is 220 g/mol. The molecule has 0 radical (unpaired) electrons. The van der Waals surface area contributed by atoms with Crippen molar-refractivity contribution < 1.29 is 9.53 Å². The van der Waals surface area contributed by atoms with Crippen LogP contribution < -0.4 is 15.4 Å². The van der Waals surface area contributed by atoms with Crippen LogP contribution in [-0.4, -0.2) is 36.1 Å². The second-order valence-electron chi connectivity index (χ2n) is 4.11. The molecule has 0 saturated carbocycles. The van der Waals surface area contributed by atoms with Crippen LogP contribution in [0.2, 0.25) is 0 Å². The Kier molecular flexibility index (Phi) is 3.41. The average molecular weight is 236 g/mol. The smallest absolute Gasteiger partial charge is 0.225 e. The highest BCUT2D eigenvalue weighted by Gasteiger charge is 2.25. The van der Waals surface area contributed by atoms with Gasteiger partial charge in [-0.3, -0.25) is 4.79 Å². The number of nitrogens with two attached hydrogens (primary N) is 1. The molecule has 2 heterocycles. The van der Waals surface area contributed by atoms with E-state index in [2.05, 4.69) is 9.97 Å². The number of carbonyl (C=O) groups excluding carboxylic acids is 1. The molecule has 1 aromatic heterocycles. The molecule has 92 valence electrons. The van der Waals surface area contributed by atoms with Crippen molar-refractivity contribution in [3.63, 3.8) is 0 Å². The number of amides is 1. The lowest BCUT2D eigenvalue weighted by atomic mass is 9.98. The van der Waals surface area contributed by atoms with Gasteiger partial charge in [-0.1, -0.05) is 0 Å². The molecule has 1 unspecified atom stereocenters. The molecule has 2 rings (SSSR count). The summed E-state index contributed by atoms with van der Waals surface area (Å²) in [4.78, 5) is 21.6. The van der Waals surface area contributed by atoms with Crippen molar-refractivity contribution in [2.24, 2.45) is 11.7 Å². The summed E-state index contributed by atoms with van der Waals surface area (Å²) in [6, 6.07) is 0. The first kappa shape index (κ1) is 11.6. The molecule has 6 nitrogen and oxygen atoms in total. The number of carbonyl (C=O) groups is 1. The number of primary amides is 1. The van der Waals surface area contributed by atoms with Gasteiger partial charge in [0.25, 0.3) is 0 Å². The standard InChI is InChI=1S/C11H16N4O2/c1-17-9-5-13-11(14-6-9)15-4-2-3-8(7-15)10(12)16/h5-6,8H,2-4,7H2,1H3,(H2,12,16). The number of hydrogen-bond acceptors (Lipinski definition) is 5. The van der Waals surface area contributed by atoms with E-state index in [0.717, 1.165) is 19.4 Å². The summed E-state index contributed by atoms with van der Waals surface area (Å²) < 4.78 is 5.00. The number of piperidine rings is 1. The maximum absolute atomic E-state index is 11.2. The summed E-state index contributed by atoms with van der Waals surface area (Å²) in [5.74, 6) is 0.895. The molecule has 6 heteroatoms. The number of methoxy groups -OCH3 is 1. The minimum Gasteiger partial charge on any atom is -0.494 e. The SMILES string of the molecule is COc1cnc(N2CCCC(C(N)=O)C2)nc1. The van der Waals surface area contributed by atoms with Crippen molar-refractivity contribution in [3.05, 3.63) is 12.4 Å². The Morgan fingerprint density at radius 1 is 1.53 bits per heavy atom. The fourth-order valence-corrected chi connectivity index (χ4v) is 1.97. The van der Waals surface area contributed by atoms with Gasteiger partial charge in [0.05, 0.1) is 25.4 Å². The van der Waals surface area contributed by atoms with Crippen LogP contribution in [0.25, 0.3) is 0 Å². The summed E-state index contributed by atoms with van der Waals surface area (Å²) in [5, 5.41) is 0. The molecule has 1 fully saturated rings. The summed E-state index contributed by atoms with van der Waals surface area (Å²) in [5.41, 5.74) is 5.33. The first-order valence-electron chi connectivity index (χ1n) is 5.61. The first-order chi connectivity index (χ1) is 8.20. The average Bonchev–Trinajstić information content (AvgIpc) is 2.39. The fraction of sp³-hybridized carbons (Fsp3) is 0.545. The van der Waals surface area contributed by atoms with Gasteiger partial charge in [-0.2, -0.15) is 0 Å². The Morgan fingerprint density at radius 2 is 2.24 bits per heavy atom. The highest BCUT2D eigenvalue weighted by atomic mass is 16.5. The Hall–Kier alpha value is -1.85. The van der Waals surface area contributed by atoms with Crippen LogP contribution in [0, 0.1) is 5.92 Å². The predicted molar refractivity (Wildman–Crippen MR) is 62.7 cm³/mol. The van der Waals surface area contributed by atoms with Crippen LogP contribution in [0.15, 0.2) is 12.4 Å². The van der Waals surface area contributed by atoms with Gasteiger partial charge in [0.2, 0.25) is 11.9 Å². The Bertz CT molecular complexity index is 393. The van der Waals surface area contributed by atoms with Gasteiger partial charge < -0.3 is 15.4 Å². The minimum atomic E-state index is -0.247. The molecule has 1 saturated heterocycles. The Morgan fingerprint density at radius 3 is 2.82 bits per heavy atom. The van der Waals surface area contributed by atoms with Crippen molar-refractivity contribution in [3.8, 4) is 5.75 Å². The minimum absolute atomic E-state index is 0.102. The molecule has 0 bridgehead atoms. The van der Waals surface area contributed by atoms with Crippen molar-refractivity contribution >= 4 is 11.9 Å². The summed E-state index contributed by atoms with van der Waals surface area (Å²) >= 11 is 0. The highest BCUT2D eigenvalue weighted by molar-refractivity contribution is 5.77. The highest BCUT2D eigenvalue weighted by Crippen LogP contribution is 2.20. The molecule has 2 N–H and O–H groups in total. The summed E-state index contributed by atoms with van der Waals surface area (Å²) in [6.45, 7) is 1.46. The van der Waals surface area contributed by atoms with Crippen LogP contribution in [0.1, 0.15) is 12.8 Å². The number of nitrogens with zero attached hydrogens (tertiary/aromatic N) is 3. The third-order valence-electron chi connectivity index (χ3n) is 2.96. The predicted octanol–water partition coefficient (Wildman–Crippen LogP) is 0.187. The zero-order valence-electron chi connectivity index (χ0n) is 9.80. The Labute approximate surface area is 99.8 Å². The van der Waals surface area contributed by atoms with Crippen LogP contribution in [-0.2, 0) is 4.79 Å². The normalized spacial score (nSPS) is 20.1. The molecule has 1 aromatic rings. The maximum Gasteiger partial charge on any atom is 0.225 e. The molecule has 0 spiro atoms. The Balaban J connectivity index is 2.08. The molecule has 1 aliphatic rings. The van der Waals surface area contributed by atoms with Crippen LogP contribution in [0.5, 0.6) is 5.75 Å². The number of rotatable bonds is 3. The molecule has 1 atom stereocenters. The van der Waals surface area contributed by atoms with Gasteiger partial charge in [0.1, 0.15) is 0 Å². The molecule has 0 aromatic carbocycles. The largest absolute Gasteiger partial charge is 0.494 e. The van der Waals surface area contributed by atoms with Crippen molar-refractivity contribution in [2.45, 2.75) is 12.8 Å². The van der Waals surface area contributed by atoms with Gasteiger partial charge in [-0.05, 0) is 12.8 Å². The van der Waals surface area contributed by atoms with E-state index >= 15 is 0 Å². The van der Waals surface area contributed by atoms with Crippen molar-refractivity contribution in [1.29, 1.82) is 0 Å². The van der Waals surface area contributed by atoms with E-state index in [1.807, 2.05) is 4.90 Å². The monoisotopic (exact) mass is 236 g/mol. The summed E-state index contributed by atoms with van der Waals surface area (Å²) in [6.07, 6.45) is 5.03. The van der Waals surface area contributed by atoms with Gasteiger partial charge >= 0.3 is 0 Å². The molecule has 0 aliphatic carbocycles. The van der Waals surface area contributed by atoms with E-state index in [4.69, 9.17) is 10.5 Å². The lowest BCUT2D eigenvalue weighted by Crippen LogP contribution is -2.41. The van der Waals surface area contributed by atoms with Gasteiger partial charge in [-0.15, -0.1) is 0 Å². The van der Waals surface area contributed by atoms with Gasteiger partial charge in [0, 0.05) is 13.1 Å². The fourth-order valence-electron chi connectivity index (χ4n) is 1.97. The van der Waals surface area contributed by atoms with E-state index in [1.54, 1.807) is 19.5 Å². The van der Waals surface area contributed by atoms with Crippen LogP contribution in [0.4, 0.5) is 5.95 Å². The van der Waals surface area contributed by atoms with Crippen LogP contribution in [0.3, 0.4) is 0 Å². The molecule has 1 aliphatic heterocycles. The molecule has 17 heavy (non-hydrogen) atoms. The zero-order valence-corrected chi connectivity index (χ0v) is 9.80. The summed E-state index contributed by atoms with van der Waals surface area (Å²) in [7, 11) is 1.57. The van der Waals surface area contributed by atoms with Crippen molar-refractivity contribution in [2.75, 3.05) is 25.1 Å². The number of ether oxygens (including phenoxy) is 1. The van der Waals surface area contributed by atoms with E-state index in [0.29, 0.717) is 18.2 Å². The van der Waals surface area contributed by atoms with E-state index < -0.39 is 0 Å². The number of anilines is 1. The third kappa shape index (κ3) is 2.64. The number of hydrogen-bond donors (Lipinski definition) is 1. The third-order valence-corrected chi connectivity index (χ3v) is 2.96. The van der Waals surface area contributed by atoms with Crippen molar-refractivity contribution in [1.82, 2.24) is 9.97 Å². The molecular formula is C11H16N4O2. The lowest BCUT2D eigenvalue weighted by Gasteiger charge is -2.31. The van der Waals surface area contributed by atoms with Gasteiger partial charge in [0.15, 0.2) is 5.75 Å².